The maximum absolute atomic E-state index is 10.9. The third-order valence-electron chi connectivity index (χ3n) is 2.31. The van der Waals surface area contributed by atoms with E-state index in [4.69, 9.17) is 4.74 Å². The van der Waals surface area contributed by atoms with E-state index in [2.05, 4.69) is 20.9 Å². The number of hydrogen-bond donors (Lipinski definition) is 0. The van der Waals surface area contributed by atoms with E-state index in [-0.39, 0.29) is 12.2 Å². The van der Waals surface area contributed by atoms with Crippen molar-refractivity contribution in [2.75, 3.05) is 0 Å². The molecule has 1 atom stereocenters. The van der Waals surface area contributed by atoms with Gasteiger partial charge in [0, 0.05) is 35.4 Å². The number of halogens is 1. The van der Waals surface area contributed by atoms with Gasteiger partial charge in [-0.1, -0.05) is 0 Å². The molecule has 2 aromatic rings. The molecule has 0 amide bonds. The average Bonchev–Trinajstić information content (AvgIpc) is 2.56. The summed E-state index contributed by atoms with van der Waals surface area (Å²) < 4.78 is 7.97. The molecule has 2 heterocycles. The van der Waals surface area contributed by atoms with Crippen LogP contribution in [-0.2, 0) is 9.53 Å². The minimum atomic E-state index is -0.325. The summed E-state index contributed by atoms with van der Waals surface area (Å²) in [5.41, 5.74) is 0.982. The van der Waals surface area contributed by atoms with Crippen LogP contribution in [0.25, 0.3) is 10.9 Å². The molecule has 84 valence electrons. The lowest BCUT2D eigenvalue weighted by molar-refractivity contribution is -0.149. The standard InChI is InChI=1S/C11H11BrN2O2/c1-7(16-8(2)15)14-6-10(12)9-5-13-4-3-11(9)14/h3-7H,1-2H3. The van der Waals surface area contributed by atoms with Gasteiger partial charge < -0.3 is 9.30 Å². The van der Waals surface area contributed by atoms with Gasteiger partial charge in [-0.2, -0.15) is 0 Å². The lowest BCUT2D eigenvalue weighted by Gasteiger charge is -2.14. The summed E-state index contributed by atoms with van der Waals surface area (Å²) >= 11 is 3.45. The van der Waals surface area contributed by atoms with E-state index in [9.17, 15) is 4.79 Å². The number of aromatic nitrogens is 2. The first-order valence-corrected chi connectivity index (χ1v) is 5.66. The lowest BCUT2D eigenvalue weighted by Crippen LogP contribution is -2.11. The van der Waals surface area contributed by atoms with E-state index in [1.165, 1.54) is 6.92 Å². The van der Waals surface area contributed by atoms with Gasteiger partial charge in [-0.25, -0.2) is 0 Å². The third-order valence-corrected chi connectivity index (χ3v) is 2.95. The van der Waals surface area contributed by atoms with Gasteiger partial charge in [0.15, 0.2) is 6.23 Å². The zero-order chi connectivity index (χ0) is 11.7. The molecule has 0 spiro atoms. The summed E-state index contributed by atoms with van der Waals surface area (Å²) in [6, 6.07) is 1.89. The quantitative estimate of drug-likeness (QED) is 0.796. The molecule has 0 aromatic carbocycles. The predicted molar refractivity (Wildman–Crippen MR) is 63.9 cm³/mol. The highest BCUT2D eigenvalue weighted by Crippen LogP contribution is 2.28. The SMILES string of the molecule is CC(=O)OC(C)n1cc(Br)c2cnccc21. The van der Waals surface area contributed by atoms with Gasteiger partial charge in [0.05, 0.1) is 5.52 Å². The average molecular weight is 283 g/mol. The summed E-state index contributed by atoms with van der Waals surface area (Å²) in [5.74, 6) is -0.292. The van der Waals surface area contributed by atoms with Crippen molar-refractivity contribution in [3.8, 4) is 0 Å². The number of nitrogens with zero attached hydrogens (tertiary/aromatic N) is 2. The Hall–Kier alpha value is -1.36. The molecule has 0 aliphatic rings. The Bertz CT molecular complexity index is 536. The fourth-order valence-electron chi connectivity index (χ4n) is 1.66. The van der Waals surface area contributed by atoms with Gasteiger partial charge in [0.1, 0.15) is 0 Å². The van der Waals surface area contributed by atoms with Crippen LogP contribution in [-0.4, -0.2) is 15.5 Å². The molecule has 16 heavy (non-hydrogen) atoms. The summed E-state index contributed by atoms with van der Waals surface area (Å²) in [6.45, 7) is 3.23. The van der Waals surface area contributed by atoms with Crippen LogP contribution in [0.1, 0.15) is 20.1 Å². The number of carbonyl (C=O) groups excluding carboxylic acids is 1. The molecule has 0 bridgehead atoms. The number of carbonyl (C=O) groups is 1. The molecule has 5 heteroatoms. The molecule has 0 radical (unpaired) electrons. The molecule has 1 unspecified atom stereocenters. The van der Waals surface area contributed by atoms with Crippen LogP contribution >= 0.6 is 15.9 Å². The number of fused-ring (bicyclic) bond motifs is 1. The van der Waals surface area contributed by atoms with Crippen molar-refractivity contribution in [3.05, 3.63) is 29.1 Å². The second-order valence-corrected chi connectivity index (χ2v) is 4.34. The zero-order valence-electron chi connectivity index (χ0n) is 8.98. The molecule has 0 aliphatic carbocycles. The van der Waals surface area contributed by atoms with E-state index in [0.717, 1.165) is 15.4 Å². The lowest BCUT2D eigenvalue weighted by atomic mass is 10.3. The molecule has 0 fully saturated rings. The fraction of sp³-hybridized carbons (Fsp3) is 0.273. The van der Waals surface area contributed by atoms with Crippen LogP contribution in [0.3, 0.4) is 0 Å². The van der Waals surface area contributed by atoms with Crippen molar-refractivity contribution in [3.63, 3.8) is 0 Å². The van der Waals surface area contributed by atoms with Crippen molar-refractivity contribution < 1.29 is 9.53 Å². The number of ether oxygens (including phenoxy) is 1. The number of hydrogen-bond acceptors (Lipinski definition) is 3. The van der Waals surface area contributed by atoms with Gasteiger partial charge in [-0.15, -0.1) is 0 Å². The largest absolute Gasteiger partial charge is 0.442 e. The zero-order valence-corrected chi connectivity index (χ0v) is 10.6. The van der Waals surface area contributed by atoms with Gasteiger partial charge in [0.2, 0.25) is 0 Å². The minimum Gasteiger partial charge on any atom is -0.442 e. The van der Waals surface area contributed by atoms with Crippen LogP contribution in [0.2, 0.25) is 0 Å². The highest BCUT2D eigenvalue weighted by Gasteiger charge is 2.13. The first-order chi connectivity index (χ1) is 7.59. The second-order valence-electron chi connectivity index (χ2n) is 3.49. The van der Waals surface area contributed by atoms with Gasteiger partial charge in [0.25, 0.3) is 0 Å². The summed E-state index contributed by atoms with van der Waals surface area (Å²) in [7, 11) is 0. The smallest absolute Gasteiger partial charge is 0.304 e. The fourth-order valence-corrected chi connectivity index (χ4v) is 2.18. The van der Waals surface area contributed by atoms with Gasteiger partial charge >= 0.3 is 5.97 Å². The van der Waals surface area contributed by atoms with E-state index < -0.39 is 0 Å². The van der Waals surface area contributed by atoms with Crippen molar-refractivity contribution in [1.82, 2.24) is 9.55 Å². The van der Waals surface area contributed by atoms with Crippen molar-refractivity contribution in [2.45, 2.75) is 20.1 Å². The van der Waals surface area contributed by atoms with Crippen molar-refractivity contribution >= 4 is 32.8 Å². The molecule has 0 saturated heterocycles. The van der Waals surface area contributed by atoms with Crippen molar-refractivity contribution in [2.24, 2.45) is 0 Å². The molecule has 2 aromatic heterocycles. The van der Waals surface area contributed by atoms with Crippen LogP contribution in [0.5, 0.6) is 0 Å². The number of pyridine rings is 1. The molecule has 2 rings (SSSR count). The highest BCUT2D eigenvalue weighted by molar-refractivity contribution is 9.10. The maximum atomic E-state index is 10.9. The van der Waals surface area contributed by atoms with E-state index in [1.807, 2.05) is 23.8 Å². The maximum Gasteiger partial charge on any atom is 0.304 e. The monoisotopic (exact) mass is 282 g/mol. The Morgan fingerprint density at radius 1 is 1.62 bits per heavy atom. The van der Waals surface area contributed by atoms with Gasteiger partial charge in [-0.05, 0) is 28.9 Å². The Balaban J connectivity index is 2.48. The predicted octanol–water partition coefficient (Wildman–Crippen LogP) is 2.88. The number of esters is 1. The highest BCUT2D eigenvalue weighted by atomic mass is 79.9. The van der Waals surface area contributed by atoms with E-state index >= 15 is 0 Å². The first-order valence-electron chi connectivity index (χ1n) is 4.87. The van der Waals surface area contributed by atoms with Crippen LogP contribution in [0.15, 0.2) is 29.1 Å². The summed E-state index contributed by atoms with van der Waals surface area (Å²) in [6.07, 6.45) is 5.05. The molecular weight excluding hydrogens is 272 g/mol. The third kappa shape index (κ3) is 1.95. The Labute approximate surface area is 101 Å². The topological polar surface area (TPSA) is 44.1 Å². The first kappa shape index (κ1) is 11.1. The van der Waals surface area contributed by atoms with E-state index in [1.54, 1.807) is 12.4 Å². The Kier molecular flexibility index (Phi) is 2.96. The minimum absolute atomic E-state index is 0.292. The molecular formula is C11H11BrN2O2. The Morgan fingerprint density at radius 2 is 2.38 bits per heavy atom. The molecule has 0 saturated carbocycles. The molecule has 0 N–H and O–H groups in total. The summed E-state index contributed by atoms with van der Waals surface area (Å²) in [4.78, 5) is 15.0. The van der Waals surface area contributed by atoms with E-state index in [0.29, 0.717) is 0 Å². The Morgan fingerprint density at radius 3 is 3.06 bits per heavy atom. The molecule has 0 aliphatic heterocycles. The van der Waals surface area contributed by atoms with Crippen molar-refractivity contribution in [1.29, 1.82) is 0 Å². The number of rotatable bonds is 2. The van der Waals surface area contributed by atoms with Crippen LogP contribution in [0, 0.1) is 0 Å². The van der Waals surface area contributed by atoms with Crippen LogP contribution < -0.4 is 0 Å². The summed E-state index contributed by atoms with van der Waals surface area (Å²) in [5, 5.41) is 1.00. The molecule has 4 nitrogen and oxygen atoms in total. The normalized spacial score (nSPS) is 12.7. The van der Waals surface area contributed by atoms with Crippen LogP contribution in [0.4, 0.5) is 0 Å². The second kappa shape index (κ2) is 4.25. The van der Waals surface area contributed by atoms with Gasteiger partial charge in [-0.3, -0.25) is 9.78 Å².